The Bertz CT molecular complexity index is 814. The topological polar surface area (TPSA) is 92.7 Å². The van der Waals surface area contributed by atoms with E-state index in [1.807, 2.05) is 0 Å². The predicted molar refractivity (Wildman–Crippen MR) is 83.9 cm³/mol. The van der Waals surface area contributed by atoms with E-state index in [-0.39, 0.29) is 5.56 Å². The minimum atomic E-state index is -3.40. The molecule has 116 valence electrons. The fraction of sp³-hybridized carbons (Fsp3) is 0.133. The van der Waals surface area contributed by atoms with Crippen LogP contribution in [0, 0.1) is 0 Å². The van der Waals surface area contributed by atoms with Gasteiger partial charge in [-0.3, -0.25) is 4.72 Å². The highest BCUT2D eigenvalue weighted by atomic mass is 32.2. The van der Waals surface area contributed by atoms with E-state index in [1.165, 1.54) is 13.2 Å². The van der Waals surface area contributed by atoms with Crippen molar-refractivity contribution in [2.75, 3.05) is 18.1 Å². The second-order valence-corrected chi connectivity index (χ2v) is 6.42. The summed E-state index contributed by atoms with van der Waals surface area (Å²) in [4.78, 5) is 11.4. The minimum Gasteiger partial charge on any atom is -0.497 e. The summed E-state index contributed by atoms with van der Waals surface area (Å²) in [6.07, 6.45) is 1.05. The molecule has 0 saturated heterocycles. The van der Waals surface area contributed by atoms with Gasteiger partial charge >= 0.3 is 5.97 Å². The van der Waals surface area contributed by atoms with Crippen LogP contribution in [-0.2, 0) is 10.0 Å². The van der Waals surface area contributed by atoms with Crippen LogP contribution in [0.15, 0.2) is 42.5 Å². The van der Waals surface area contributed by atoms with Crippen LogP contribution in [0.4, 0.5) is 5.69 Å². The van der Waals surface area contributed by atoms with E-state index in [2.05, 4.69) is 4.72 Å². The molecular formula is C15H15NO5S. The molecule has 0 saturated carbocycles. The highest BCUT2D eigenvalue weighted by Crippen LogP contribution is 2.29. The highest BCUT2D eigenvalue weighted by molar-refractivity contribution is 7.92. The second kappa shape index (κ2) is 6.07. The zero-order chi connectivity index (χ0) is 16.3. The molecule has 0 bridgehead atoms. The van der Waals surface area contributed by atoms with Gasteiger partial charge < -0.3 is 9.84 Å². The van der Waals surface area contributed by atoms with Crippen LogP contribution in [0.2, 0.25) is 0 Å². The summed E-state index contributed by atoms with van der Waals surface area (Å²) < 4.78 is 30.0. The van der Waals surface area contributed by atoms with E-state index >= 15 is 0 Å². The molecule has 22 heavy (non-hydrogen) atoms. The van der Waals surface area contributed by atoms with Crippen molar-refractivity contribution in [3.8, 4) is 16.9 Å². The molecule has 0 unspecified atom stereocenters. The van der Waals surface area contributed by atoms with Crippen LogP contribution in [0.3, 0.4) is 0 Å². The van der Waals surface area contributed by atoms with Gasteiger partial charge in [0.2, 0.25) is 10.0 Å². The van der Waals surface area contributed by atoms with Crippen LogP contribution in [0.1, 0.15) is 10.4 Å². The molecule has 2 aromatic rings. The van der Waals surface area contributed by atoms with Gasteiger partial charge in [0.15, 0.2) is 0 Å². The number of sulfonamides is 1. The number of methoxy groups -OCH3 is 1. The molecule has 0 aliphatic rings. The van der Waals surface area contributed by atoms with Crippen LogP contribution in [0.5, 0.6) is 5.75 Å². The Morgan fingerprint density at radius 2 is 1.91 bits per heavy atom. The van der Waals surface area contributed by atoms with Crippen molar-refractivity contribution >= 4 is 21.7 Å². The number of anilines is 1. The lowest BCUT2D eigenvalue weighted by molar-refractivity contribution is 0.0697. The monoisotopic (exact) mass is 321 g/mol. The molecule has 0 aliphatic carbocycles. The van der Waals surface area contributed by atoms with Crippen molar-refractivity contribution in [2.24, 2.45) is 0 Å². The Morgan fingerprint density at radius 3 is 2.50 bits per heavy atom. The molecule has 0 aliphatic heterocycles. The molecule has 7 heteroatoms. The first kappa shape index (κ1) is 15.8. The first-order valence-corrected chi connectivity index (χ1v) is 8.19. The zero-order valence-electron chi connectivity index (χ0n) is 12.0. The van der Waals surface area contributed by atoms with E-state index in [0.29, 0.717) is 22.6 Å². The van der Waals surface area contributed by atoms with Gasteiger partial charge in [0.25, 0.3) is 0 Å². The zero-order valence-corrected chi connectivity index (χ0v) is 12.8. The summed E-state index contributed by atoms with van der Waals surface area (Å²) in [5.74, 6) is -0.651. The van der Waals surface area contributed by atoms with Gasteiger partial charge in [-0.1, -0.05) is 12.1 Å². The highest BCUT2D eigenvalue weighted by Gasteiger charge is 2.14. The standard InChI is InChI=1S/C15H15NO5S/c1-21-12-6-7-13(14(9-12)15(17)18)10-4-3-5-11(8-10)16-22(2,19)20/h3-9,16H,1-2H3,(H,17,18). The van der Waals surface area contributed by atoms with Crippen molar-refractivity contribution in [1.29, 1.82) is 0 Å². The SMILES string of the molecule is COc1ccc(-c2cccc(NS(C)(=O)=O)c2)c(C(=O)O)c1. The average molecular weight is 321 g/mol. The lowest BCUT2D eigenvalue weighted by atomic mass is 9.99. The summed E-state index contributed by atoms with van der Waals surface area (Å²) in [5, 5.41) is 9.34. The van der Waals surface area contributed by atoms with Crippen molar-refractivity contribution in [2.45, 2.75) is 0 Å². The maximum absolute atomic E-state index is 11.4. The molecular weight excluding hydrogens is 306 g/mol. The first-order chi connectivity index (χ1) is 10.3. The Morgan fingerprint density at radius 1 is 1.18 bits per heavy atom. The number of carbonyl (C=O) groups is 1. The third-order valence-electron chi connectivity index (χ3n) is 2.93. The van der Waals surface area contributed by atoms with Gasteiger partial charge in [-0.15, -0.1) is 0 Å². The number of ether oxygens (including phenoxy) is 1. The Labute approximate surface area is 128 Å². The van der Waals surface area contributed by atoms with E-state index in [4.69, 9.17) is 4.74 Å². The number of hydrogen-bond donors (Lipinski definition) is 2. The number of rotatable bonds is 5. The second-order valence-electron chi connectivity index (χ2n) is 4.67. The van der Waals surface area contributed by atoms with Crippen molar-refractivity contribution in [3.63, 3.8) is 0 Å². The van der Waals surface area contributed by atoms with E-state index in [9.17, 15) is 18.3 Å². The van der Waals surface area contributed by atoms with Gasteiger partial charge in [-0.05, 0) is 41.5 Å². The molecule has 0 aromatic heterocycles. The van der Waals surface area contributed by atoms with Crippen molar-refractivity contribution < 1.29 is 23.1 Å². The molecule has 6 nitrogen and oxygen atoms in total. The summed E-state index contributed by atoms with van der Waals surface area (Å²) in [5.41, 5.74) is 1.52. The Hall–Kier alpha value is -2.54. The van der Waals surface area contributed by atoms with Gasteiger partial charge in [-0.25, -0.2) is 13.2 Å². The molecule has 2 N–H and O–H groups in total. The van der Waals surface area contributed by atoms with Gasteiger partial charge in [-0.2, -0.15) is 0 Å². The van der Waals surface area contributed by atoms with Gasteiger partial charge in [0.05, 0.1) is 18.9 Å². The van der Waals surface area contributed by atoms with Crippen LogP contribution >= 0.6 is 0 Å². The lowest BCUT2D eigenvalue weighted by Crippen LogP contribution is -2.09. The predicted octanol–water partition coefficient (Wildman–Crippen LogP) is 2.43. The van der Waals surface area contributed by atoms with Crippen LogP contribution < -0.4 is 9.46 Å². The van der Waals surface area contributed by atoms with Gasteiger partial charge in [0, 0.05) is 5.69 Å². The largest absolute Gasteiger partial charge is 0.497 e. The quantitative estimate of drug-likeness (QED) is 0.882. The maximum Gasteiger partial charge on any atom is 0.336 e. The first-order valence-electron chi connectivity index (χ1n) is 6.30. The van der Waals surface area contributed by atoms with E-state index in [0.717, 1.165) is 6.26 Å². The minimum absolute atomic E-state index is 0.0795. The summed E-state index contributed by atoms with van der Waals surface area (Å²) >= 11 is 0. The molecule has 2 aromatic carbocycles. The van der Waals surface area contributed by atoms with Crippen LogP contribution in [0.25, 0.3) is 11.1 Å². The number of nitrogens with one attached hydrogen (secondary N) is 1. The number of carboxylic acid groups (broad SMARTS) is 1. The maximum atomic E-state index is 11.4. The van der Waals surface area contributed by atoms with Gasteiger partial charge in [0.1, 0.15) is 5.75 Å². The fourth-order valence-electron chi connectivity index (χ4n) is 2.04. The Kier molecular flexibility index (Phi) is 4.37. The molecule has 0 amide bonds. The number of benzene rings is 2. The summed E-state index contributed by atoms with van der Waals surface area (Å²) in [6.45, 7) is 0. The third kappa shape index (κ3) is 3.76. The molecule has 0 radical (unpaired) electrons. The summed E-state index contributed by atoms with van der Waals surface area (Å²) in [6, 6.07) is 11.2. The molecule has 0 spiro atoms. The Balaban J connectivity index is 2.52. The van der Waals surface area contributed by atoms with Crippen molar-refractivity contribution in [3.05, 3.63) is 48.0 Å². The smallest absolute Gasteiger partial charge is 0.336 e. The molecule has 2 rings (SSSR count). The third-order valence-corrected chi connectivity index (χ3v) is 3.54. The number of carboxylic acids is 1. The van der Waals surface area contributed by atoms with E-state index < -0.39 is 16.0 Å². The normalized spacial score (nSPS) is 11.0. The summed E-state index contributed by atoms with van der Waals surface area (Å²) in [7, 11) is -1.94. The molecule has 0 fully saturated rings. The fourth-order valence-corrected chi connectivity index (χ4v) is 2.60. The number of aromatic carboxylic acids is 1. The average Bonchev–Trinajstić information content (AvgIpc) is 2.45. The van der Waals surface area contributed by atoms with E-state index in [1.54, 1.807) is 36.4 Å². The molecule has 0 atom stereocenters. The van der Waals surface area contributed by atoms with Crippen LogP contribution in [-0.4, -0.2) is 32.9 Å². The molecule has 0 heterocycles. The lowest BCUT2D eigenvalue weighted by Gasteiger charge is -2.10. The van der Waals surface area contributed by atoms with Crippen molar-refractivity contribution in [1.82, 2.24) is 0 Å². The number of hydrogen-bond acceptors (Lipinski definition) is 4.